The van der Waals surface area contributed by atoms with E-state index in [1.807, 2.05) is 0 Å². The van der Waals surface area contributed by atoms with E-state index < -0.39 is 29.4 Å². The van der Waals surface area contributed by atoms with Crippen molar-refractivity contribution in [1.82, 2.24) is 24.5 Å². The first-order valence-electron chi connectivity index (χ1n) is 9.39. The molecule has 0 fully saturated rings. The van der Waals surface area contributed by atoms with Gasteiger partial charge in [0, 0.05) is 19.4 Å². The Balaban J connectivity index is 1.61. The molecule has 0 bridgehead atoms. The van der Waals surface area contributed by atoms with E-state index in [0.717, 1.165) is 30.7 Å². The van der Waals surface area contributed by atoms with Gasteiger partial charge >= 0.3 is 12.4 Å². The summed E-state index contributed by atoms with van der Waals surface area (Å²) in [4.78, 5) is 28.0. The zero-order chi connectivity index (χ0) is 24.7. The fourth-order valence-electron chi connectivity index (χ4n) is 3.05. The van der Waals surface area contributed by atoms with Crippen LogP contribution in [0.15, 0.2) is 49.1 Å². The molecule has 0 atom stereocenters. The molecule has 0 aliphatic carbocycles. The molecule has 176 valence electrons. The number of hydrogen-bond donors (Lipinski definition) is 2. The Morgan fingerprint density at radius 2 is 1.74 bits per heavy atom. The fourth-order valence-corrected chi connectivity index (χ4v) is 3.05. The highest BCUT2D eigenvalue weighted by Crippen LogP contribution is 2.35. The van der Waals surface area contributed by atoms with Gasteiger partial charge in [-0.05, 0) is 24.3 Å². The summed E-state index contributed by atoms with van der Waals surface area (Å²) in [7, 11) is 1.50. The van der Waals surface area contributed by atoms with Crippen LogP contribution in [-0.4, -0.2) is 30.4 Å². The maximum atomic E-state index is 13.3. The minimum atomic E-state index is -4.62. The molecular weight excluding hydrogens is 468 g/mol. The highest BCUT2D eigenvalue weighted by atomic mass is 19.4. The summed E-state index contributed by atoms with van der Waals surface area (Å²) in [5.74, 6) is -1.14. The van der Waals surface area contributed by atoms with Gasteiger partial charge in [-0.25, -0.2) is 15.0 Å². The molecule has 14 heteroatoms. The quantitative estimate of drug-likeness (QED) is 0.407. The molecule has 8 nitrogen and oxygen atoms in total. The number of alkyl halides is 6. The number of halogens is 6. The lowest BCUT2D eigenvalue weighted by Crippen LogP contribution is -2.15. The van der Waals surface area contributed by atoms with Crippen LogP contribution in [0.25, 0.3) is 11.0 Å². The summed E-state index contributed by atoms with van der Waals surface area (Å²) in [5.41, 5.74) is -1.83. The molecule has 4 aromatic rings. The average molecular weight is 481 g/mol. The SMILES string of the molecule is Cn1c(Nc2cnccc2C(F)(F)F)nc2cnc(C(=O)Nc3cc(C(F)(F)F)ccn3)cc21. The van der Waals surface area contributed by atoms with E-state index in [0.29, 0.717) is 11.6 Å². The Morgan fingerprint density at radius 3 is 2.44 bits per heavy atom. The van der Waals surface area contributed by atoms with Crippen LogP contribution in [0.4, 0.5) is 43.8 Å². The molecule has 0 spiro atoms. The molecule has 0 radical (unpaired) electrons. The van der Waals surface area contributed by atoms with Crippen molar-refractivity contribution in [3.05, 3.63) is 65.9 Å². The van der Waals surface area contributed by atoms with Crippen LogP contribution in [0.5, 0.6) is 0 Å². The van der Waals surface area contributed by atoms with Crippen LogP contribution in [-0.2, 0) is 19.4 Å². The predicted molar refractivity (Wildman–Crippen MR) is 108 cm³/mol. The second-order valence-corrected chi connectivity index (χ2v) is 6.98. The first kappa shape index (κ1) is 22.9. The molecule has 0 unspecified atom stereocenters. The van der Waals surface area contributed by atoms with Gasteiger partial charge in [0.25, 0.3) is 5.91 Å². The van der Waals surface area contributed by atoms with Gasteiger partial charge < -0.3 is 15.2 Å². The first-order valence-corrected chi connectivity index (χ1v) is 9.39. The molecule has 0 saturated heterocycles. The molecule has 34 heavy (non-hydrogen) atoms. The summed E-state index contributed by atoms with van der Waals surface area (Å²) in [6, 6.07) is 3.55. The predicted octanol–water partition coefficient (Wildman–Crippen LogP) is 4.79. The van der Waals surface area contributed by atoms with Gasteiger partial charge in [-0.2, -0.15) is 26.3 Å². The van der Waals surface area contributed by atoms with E-state index >= 15 is 0 Å². The first-order chi connectivity index (χ1) is 15.9. The standard InChI is InChI=1S/C20H13F6N7O/c1-33-15-7-12(17(34)32-16-6-10(2-5-28-16)19(21,22)23)29-9-14(15)31-18(33)30-13-8-27-4-3-11(13)20(24,25)26/h2-9H,1H3,(H,30,31)(H,28,32,34). The van der Waals surface area contributed by atoms with Crippen LogP contribution < -0.4 is 10.6 Å². The molecule has 0 aliphatic rings. The molecule has 1 amide bonds. The van der Waals surface area contributed by atoms with Gasteiger partial charge in [0.05, 0.1) is 34.7 Å². The third-order valence-corrected chi connectivity index (χ3v) is 4.70. The van der Waals surface area contributed by atoms with Crippen molar-refractivity contribution in [2.75, 3.05) is 10.6 Å². The molecule has 0 aromatic carbocycles. The topological polar surface area (TPSA) is 97.6 Å². The average Bonchev–Trinajstić information content (AvgIpc) is 3.07. The third-order valence-electron chi connectivity index (χ3n) is 4.70. The van der Waals surface area contributed by atoms with Crippen molar-refractivity contribution in [2.45, 2.75) is 12.4 Å². The van der Waals surface area contributed by atoms with Gasteiger partial charge in [0.1, 0.15) is 17.0 Å². The molecular formula is C20H13F6N7O. The summed E-state index contributed by atoms with van der Waals surface area (Å²) >= 11 is 0. The van der Waals surface area contributed by atoms with Crippen molar-refractivity contribution >= 4 is 34.4 Å². The number of carbonyl (C=O) groups excluding carboxylic acids is 1. The fraction of sp³-hybridized carbons (Fsp3) is 0.150. The zero-order valence-corrected chi connectivity index (χ0v) is 17.0. The Morgan fingerprint density at radius 1 is 0.971 bits per heavy atom. The minimum Gasteiger partial charge on any atom is -0.324 e. The smallest absolute Gasteiger partial charge is 0.324 e. The minimum absolute atomic E-state index is 0.0207. The Hall–Kier alpha value is -4.23. The van der Waals surface area contributed by atoms with E-state index in [4.69, 9.17) is 0 Å². The lowest BCUT2D eigenvalue weighted by molar-refractivity contribution is -0.138. The Labute approximate surface area is 186 Å². The monoisotopic (exact) mass is 481 g/mol. The number of anilines is 3. The number of imidazole rings is 1. The highest BCUT2D eigenvalue weighted by Gasteiger charge is 2.34. The lowest BCUT2D eigenvalue weighted by Gasteiger charge is -2.13. The van der Waals surface area contributed by atoms with Crippen molar-refractivity contribution in [2.24, 2.45) is 7.05 Å². The molecule has 2 N–H and O–H groups in total. The molecule has 0 saturated carbocycles. The number of aromatic nitrogens is 5. The number of rotatable bonds is 4. The number of pyridine rings is 3. The van der Waals surface area contributed by atoms with Crippen LogP contribution in [0.2, 0.25) is 0 Å². The summed E-state index contributed by atoms with van der Waals surface area (Å²) in [6.45, 7) is 0. The van der Waals surface area contributed by atoms with E-state index in [-0.39, 0.29) is 28.7 Å². The van der Waals surface area contributed by atoms with Crippen molar-refractivity contribution in [1.29, 1.82) is 0 Å². The number of nitrogens with one attached hydrogen (secondary N) is 2. The molecule has 4 heterocycles. The van der Waals surface area contributed by atoms with Crippen molar-refractivity contribution < 1.29 is 31.1 Å². The summed E-state index contributed by atoms with van der Waals surface area (Å²) in [6.07, 6.45) is -5.11. The van der Waals surface area contributed by atoms with E-state index in [1.54, 1.807) is 0 Å². The van der Waals surface area contributed by atoms with Crippen LogP contribution >= 0.6 is 0 Å². The number of aryl methyl sites for hydroxylation is 1. The number of carbonyl (C=O) groups is 1. The largest absolute Gasteiger partial charge is 0.418 e. The number of fused-ring (bicyclic) bond motifs is 1. The summed E-state index contributed by atoms with van der Waals surface area (Å²) in [5, 5.41) is 4.80. The third kappa shape index (κ3) is 4.60. The maximum absolute atomic E-state index is 13.3. The Bertz CT molecular complexity index is 1380. The highest BCUT2D eigenvalue weighted by molar-refractivity contribution is 6.04. The van der Waals surface area contributed by atoms with E-state index in [2.05, 4.69) is 30.6 Å². The van der Waals surface area contributed by atoms with Gasteiger partial charge in [0.15, 0.2) is 0 Å². The number of nitrogens with zero attached hydrogens (tertiary/aromatic N) is 5. The second kappa shape index (κ2) is 8.28. The van der Waals surface area contributed by atoms with Gasteiger partial charge in [-0.3, -0.25) is 9.78 Å². The van der Waals surface area contributed by atoms with Gasteiger partial charge in [-0.15, -0.1) is 0 Å². The number of amides is 1. The van der Waals surface area contributed by atoms with Crippen LogP contribution in [0.1, 0.15) is 21.6 Å². The van der Waals surface area contributed by atoms with E-state index in [1.165, 1.54) is 23.9 Å². The van der Waals surface area contributed by atoms with Crippen molar-refractivity contribution in [3.63, 3.8) is 0 Å². The normalized spacial score (nSPS) is 12.1. The molecule has 4 rings (SSSR count). The zero-order valence-electron chi connectivity index (χ0n) is 17.0. The second-order valence-electron chi connectivity index (χ2n) is 6.98. The van der Waals surface area contributed by atoms with E-state index in [9.17, 15) is 31.1 Å². The van der Waals surface area contributed by atoms with Crippen molar-refractivity contribution in [3.8, 4) is 0 Å². The lowest BCUT2D eigenvalue weighted by atomic mass is 10.2. The maximum Gasteiger partial charge on any atom is 0.418 e. The van der Waals surface area contributed by atoms with Gasteiger partial charge in [0.2, 0.25) is 5.95 Å². The molecule has 4 aromatic heterocycles. The van der Waals surface area contributed by atoms with Gasteiger partial charge in [-0.1, -0.05) is 0 Å². The molecule has 0 aliphatic heterocycles. The summed E-state index contributed by atoms with van der Waals surface area (Å²) < 4.78 is 79.7. The van der Waals surface area contributed by atoms with Crippen LogP contribution in [0, 0.1) is 0 Å². The number of hydrogen-bond acceptors (Lipinski definition) is 6. The van der Waals surface area contributed by atoms with Crippen LogP contribution in [0.3, 0.4) is 0 Å². The Kier molecular flexibility index (Phi) is 5.59.